The zero-order valence-electron chi connectivity index (χ0n) is 15.1. The lowest BCUT2D eigenvalue weighted by atomic mass is 9.97. The van der Waals surface area contributed by atoms with Crippen molar-refractivity contribution >= 4 is 27.5 Å². The van der Waals surface area contributed by atoms with Crippen molar-refractivity contribution in [3.05, 3.63) is 65.4 Å². The van der Waals surface area contributed by atoms with Crippen LogP contribution in [0.3, 0.4) is 0 Å². The lowest BCUT2D eigenvalue weighted by molar-refractivity contribution is 0.0707. The minimum absolute atomic E-state index is 0.0110. The van der Waals surface area contributed by atoms with Gasteiger partial charge in [0, 0.05) is 19.0 Å². The summed E-state index contributed by atoms with van der Waals surface area (Å²) in [7, 11) is 0. The molecule has 0 bridgehead atoms. The number of amides is 1. The quantitative estimate of drug-likeness (QED) is 0.536. The molecule has 8 heteroatoms. The molecule has 0 spiro atoms. The molecule has 7 nitrogen and oxygen atoms in total. The molecule has 1 atom stereocenters. The van der Waals surface area contributed by atoms with E-state index in [1.54, 1.807) is 11.3 Å². The Bertz CT molecular complexity index is 1090. The molecule has 4 aromatic rings. The van der Waals surface area contributed by atoms with Crippen molar-refractivity contribution in [1.82, 2.24) is 30.1 Å². The zero-order chi connectivity index (χ0) is 18.9. The first-order chi connectivity index (χ1) is 13.8. The van der Waals surface area contributed by atoms with Crippen LogP contribution in [-0.4, -0.2) is 49.1 Å². The SMILES string of the molecule is O=C(c1ccccc1-n1cnnn1)N1CCCC(c2nc3ccccc3s2)C1. The second kappa shape index (κ2) is 7.12. The molecule has 5 rings (SSSR count). The van der Waals surface area contributed by atoms with E-state index in [2.05, 4.69) is 21.6 Å². The van der Waals surface area contributed by atoms with Crippen LogP contribution in [0.1, 0.15) is 34.1 Å². The number of piperidine rings is 1. The number of rotatable bonds is 3. The van der Waals surface area contributed by atoms with Crippen LogP contribution in [0, 0.1) is 0 Å². The molecule has 0 N–H and O–H groups in total. The third kappa shape index (κ3) is 3.05. The summed E-state index contributed by atoms with van der Waals surface area (Å²) in [6.45, 7) is 1.44. The minimum atomic E-state index is 0.0110. The van der Waals surface area contributed by atoms with Gasteiger partial charge in [-0.25, -0.2) is 4.98 Å². The van der Waals surface area contributed by atoms with Crippen LogP contribution < -0.4 is 0 Å². The number of nitrogens with zero attached hydrogens (tertiary/aromatic N) is 6. The van der Waals surface area contributed by atoms with E-state index in [0.29, 0.717) is 17.8 Å². The molecule has 0 radical (unpaired) electrons. The van der Waals surface area contributed by atoms with E-state index in [-0.39, 0.29) is 11.8 Å². The van der Waals surface area contributed by atoms with Crippen LogP contribution in [-0.2, 0) is 0 Å². The number of carbonyl (C=O) groups is 1. The number of para-hydroxylation sites is 2. The standard InChI is InChI=1S/C20H18N6OS/c27-20(15-7-1-3-9-17(15)26-13-21-23-24-26)25-11-5-6-14(12-25)19-22-16-8-2-4-10-18(16)28-19/h1-4,7-10,13-14H,5-6,11-12H2. The number of tetrazole rings is 1. The first-order valence-electron chi connectivity index (χ1n) is 9.27. The number of aromatic nitrogens is 5. The van der Waals surface area contributed by atoms with E-state index in [1.807, 2.05) is 47.4 Å². The predicted molar refractivity (Wildman–Crippen MR) is 107 cm³/mol. The summed E-state index contributed by atoms with van der Waals surface area (Å²) in [6, 6.07) is 15.6. The van der Waals surface area contributed by atoms with Crippen molar-refractivity contribution in [2.75, 3.05) is 13.1 Å². The lowest BCUT2D eigenvalue weighted by Crippen LogP contribution is -2.39. The molecule has 1 unspecified atom stereocenters. The van der Waals surface area contributed by atoms with Crippen LogP contribution in [0.25, 0.3) is 15.9 Å². The van der Waals surface area contributed by atoms with Crippen LogP contribution in [0.5, 0.6) is 0 Å². The topological polar surface area (TPSA) is 76.8 Å². The molecular weight excluding hydrogens is 372 g/mol. The van der Waals surface area contributed by atoms with Gasteiger partial charge in [0.05, 0.1) is 26.5 Å². The summed E-state index contributed by atoms with van der Waals surface area (Å²) in [5.74, 6) is 0.284. The van der Waals surface area contributed by atoms with Gasteiger partial charge in [-0.15, -0.1) is 16.4 Å². The van der Waals surface area contributed by atoms with Crippen molar-refractivity contribution in [2.24, 2.45) is 0 Å². The number of hydrogen-bond donors (Lipinski definition) is 0. The third-order valence-corrected chi connectivity index (χ3v) is 6.30. The van der Waals surface area contributed by atoms with Gasteiger partial charge in [-0.3, -0.25) is 4.79 Å². The minimum Gasteiger partial charge on any atom is -0.338 e. The number of carbonyl (C=O) groups excluding carboxylic acids is 1. The molecule has 1 aliphatic rings. The van der Waals surface area contributed by atoms with E-state index < -0.39 is 0 Å². The van der Waals surface area contributed by atoms with Gasteiger partial charge < -0.3 is 4.90 Å². The van der Waals surface area contributed by atoms with Gasteiger partial charge in [-0.2, -0.15) is 4.68 Å². The molecule has 0 saturated carbocycles. The van der Waals surface area contributed by atoms with Crippen molar-refractivity contribution in [1.29, 1.82) is 0 Å². The highest BCUT2D eigenvalue weighted by Gasteiger charge is 2.28. The summed E-state index contributed by atoms with van der Waals surface area (Å²) < 4.78 is 2.73. The second-order valence-corrected chi connectivity index (χ2v) is 7.94. The molecule has 1 saturated heterocycles. The van der Waals surface area contributed by atoms with Gasteiger partial charge in [0.1, 0.15) is 6.33 Å². The van der Waals surface area contributed by atoms with Crippen LogP contribution in [0.4, 0.5) is 0 Å². The van der Waals surface area contributed by atoms with E-state index >= 15 is 0 Å². The smallest absolute Gasteiger partial charge is 0.256 e. The molecule has 28 heavy (non-hydrogen) atoms. The second-order valence-electron chi connectivity index (χ2n) is 6.88. The average molecular weight is 390 g/mol. The highest BCUT2D eigenvalue weighted by Crippen LogP contribution is 2.33. The Morgan fingerprint density at radius 1 is 1.11 bits per heavy atom. The number of likely N-dealkylation sites (tertiary alicyclic amines) is 1. The van der Waals surface area contributed by atoms with Gasteiger partial charge in [0.15, 0.2) is 0 Å². The number of thiazole rings is 1. The Morgan fingerprint density at radius 2 is 1.96 bits per heavy atom. The van der Waals surface area contributed by atoms with Crippen LogP contribution in [0.15, 0.2) is 54.9 Å². The molecule has 1 fully saturated rings. The highest BCUT2D eigenvalue weighted by atomic mass is 32.1. The first kappa shape index (κ1) is 17.0. The van der Waals surface area contributed by atoms with Gasteiger partial charge in [-0.05, 0) is 47.5 Å². The molecular formula is C20H18N6OS. The Morgan fingerprint density at radius 3 is 2.82 bits per heavy atom. The molecule has 2 aromatic carbocycles. The van der Waals surface area contributed by atoms with Crippen molar-refractivity contribution in [3.63, 3.8) is 0 Å². The van der Waals surface area contributed by atoms with Gasteiger partial charge in [-0.1, -0.05) is 24.3 Å². The fraction of sp³-hybridized carbons (Fsp3) is 0.250. The number of hydrogen-bond acceptors (Lipinski definition) is 6. The van der Waals surface area contributed by atoms with Crippen LogP contribution in [0.2, 0.25) is 0 Å². The Balaban J connectivity index is 1.42. The fourth-order valence-corrected chi connectivity index (χ4v) is 4.82. The highest BCUT2D eigenvalue weighted by molar-refractivity contribution is 7.18. The average Bonchev–Trinajstić information content (AvgIpc) is 3.43. The normalized spacial score (nSPS) is 17.1. The Hall–Kier alpha value is -3.13. The van der Waals surface area contributed by atoms with Crippen molar-refractivity contribution in [2.45, 2.75) is 18.8 Å². The molecule has 3 heterocycles. The fourth-order valence-electron chi connectivity index (χ4n) is 3.72. The Kier molecular flexibility index (Phi) is 4.32. The summed E-state index contributed by atoms with van der Waals surface area (Å²) in [6.07, 6.45) is 3.53. The van der Waals surface area contributed by atoms with Crippen LogP contribution >= 0.6 is 11.3 Å². The maximum Gasteiger partial charge on any atom is 0.256 e. The summed E-state index contributed by atoms with van der Waals surface area (Å²) in [4.78, 5) is 20.0. The summed E-state index contributed by atoms with van der Waals surface area (Å²) >= 11 is 1.73. The van der Waals surface area contributed by atoms with Gasteiger partial charge in [0.25, 0.3) is 5.91 Å². The molecule has 140 valence electrons. The van der Waals surface area contributed by atoms with Crippen molar-refractivity contribution in [3.8, 4) is 5.69 Å². The number of fused-ring (bicyclic) bond motifs is 1. The summed E-state index contributed by atoms with van der Waals surface area (Å²) in [5, 5.41) is 12.4. The molecule has 1 aliphatic heterocycles. The molecule has 0 aliphatic carbocycles. The van der Waals surface area contributed by atoms with Gasteiger partial charge in [0.2, 0.25) is 0 Å². The monoisotopic (exact) mass is 390 g/mol. The van der Waals surface area contributed by atoms with Gasteiger partial charge >= 0.3 is 0 Å². The van der Waals surface area contributed by atoms with E-state index in [0.717, 1.165) is 29.9 Å². The van der Waals surface area contributed by atoms with E-state index in [9.17, 15) is 4.79 Å². The zero-order valence-corrected chi connectivity index (χ0v) is 15.9. The predicted octanol–water partition coefficient (Wildman–Crippen LogP) is 3.29. The van der Waals surface area contributed by atoms with E-state index in [1.165, 1.54) is 15.7 Å². The lowest BCUT2D eigenvalue weighted by Gasteiger charge is -2.32. The maximum absolute atomic E-state index is 13.3. The largest absolute Gasteiger partial charge is 0.338 e. The van der Waals surface area contributed by atoms with E-state index in [4.69, 9.17) is 4.98 Å². The first-order valence-corrected chi connectivity index (χ1v) is 10.1. The Labute approximate surface area is 165 Å². The maximum atomic E-state index is 13.3. The summed E-state index contributed by atoms with van der Waals surface area (Å²) in [5.41, 5.74) is 2.34. The molecule has 2 aromatic heterocycles. The number of benzene rings is 2. The third-order valence-electron chi connectivity index (χ3n) is 5.10. The van der Waals surface area contributed by atoms with Crippen molar-refractivity contribution < 1.29 is 4.79 Å². The molecule has 1 amide bonds.